The number of rotatable bonds is 6. The predicted molar refractivity (Wildman–Crippen MR) is 156 cm³/mol. The maximum Gasteiger partial charge on any atom is 0.119 e. The van der Waals surface area contributed by atoms with Crippen molar-refractivity contribution < 1.29 is 4.74 Å². The van der Waals surface area contributed by atoms with Crippen molar-refractivity contribution in [3.8, 4) is 16.9 Å². The minimum absolute atomic E-state index is 0. The second-order valence-corrected chi connectivity index (χ2v) is 9.95. The Labute approximate surface area is 210 Å². The molecular formula is C32H43OP. The summed E-state index contributed by atoms with van der Waals surface area (Å²) < 4.78 is 6.19. The second kappa shape index (κ2) is 13.5. The standard InChI is InChI=1S/C27H31OP.C4H8.CH4/c1-19(18-29)16-23-9-8-20(2)27-17-22(12-15-26(23)27)21-10-13-25(14-11-21)28-24-6-4-3-5-7-24;1-4(2)3;/h8-15,17,24H,1,3-7,16,18,29H2,2H3;1H2,2-3H3;1H4. The zero-order chi connectivity index (χ0) is 23.8. The summed E-state index contributed by atoms with van der Waals surface area (Å²) in [5, 5.41) is 2.67. The van der Waals surface area contributed by atoms with E-state index in [0.717, 1.165) is 18.3 Å². The molecule has 0 N–H and O–H groups in total. The highest BCUT2D eigenvalue weighted by atomic mass is 31.0. The van der Waals surface area contributed by atoms with Crippen LogP contribution in [0.2, 0.25) is 0 Å². The van der Waals surface area contributed by atoms with Crippen molar-refractivity contribution in [2.75, 3.05) is 6.16 Å². The van der Waals surface area contributed by atoms with E-state index in [-0.39, 0.29) is 7.43 Å². The summed E-state index contributed by atoms with van der Waals surface area (Å²) in [5.41, 5.74) is 7.59. The molecule has 0 bridgehead atoms. The fourth-order valence-electron chi connectivity index (χ4n) is 4.33. The molecule has 1 nitrogen and oxygen atoms in total. The fourth-order valence-corrected chi connectivity index (χ4v) is 4.48. The molecule has 4 rings (SSSR count). The van der Waals surface area contributed by atoms with Crippen LogP contribution in [0.3, 0.4) is 0 Å². The summed E-state index contributed by atoms with van der Waals surface area (Å²) in [6.45, 7) is 13.9. The van der Waals surface area contributed by atoms with E-state index in [4.69, 9.17) is 4.74 Å². The molecule has 1 aliphatic rings. The van der Waals surface area contributed by atoms with Gasteiger partial charge in [0.25, 0.3) is 0 Å². The molecule has 1 atom stereocenters. The molecule has 182 valence electrons. The lowest BCUT2D eigenvalue weighted by Gasteiger charge is -2.23. The van der Waals surface area contributed by atoms with Gasteiger partial charge in [-0.3, -0.25) is 0 Å². The molecule has 1 saturated carbocycles. The highest BCUT2D eigenvalue weighted by Crippen LogP contribution is 2.31. The van der Waals surface area contributed by atoms with Gasteiger partial charge in [0, 0.05) is 0 Å². The van der Waals surface area contributed by atoms with E-state index < -0.39 is 0 Å². The highest BCUT2D eigenvalue weighted by molar-refractivity contribution is 7.16. The predicted octanol–water partition coefficient (Wildman–Crippen LogP) is 9.72. The van der Waals surface area contributed by atoms with Gasteiger partial charge in [0.05, 0.1) is 6.10 Å². The largest absolute Gasteiger partial charge is 0.490 e. The van der Waals surface area contributed by atoms with E-state index in [1.807, 2.05) is 13.8 Å². The minimum Gasteiger partial charge on any atom is -0.490 e. The lowest BCUT2D eigenvalue weighted by molar-refractivity contribution is 0.155. The smallest absolute Gasteiger partial charge is 0.119 e. The normalized spacial score (nSPS) is 13.4. The molecule has 0 aromatic heterocycles. The zero-order valence-corrected chi connectivity index (χ0v) is 21.8. The SMILES string of the molecule is C.C=C(C)C.C=C(CP)Cc1ccc(C)c2cc(-c3ccc(OC4CCCCC4)cc3)ccc12. The molecule has 0 spiro atoms. The highest BCUT2D eigenvalue weighted by Gasteiger charge is 2.15. The average Bonchev–Trinajstić information content (AvgIpc) is 2.81. The summed E-state index contributed by atoms with van der Waals surface area (Å²) >= 11 is 0. The Balaban J connectivity index is 0.000000758. The van der Waals surface area contributed by atoms with Gasteiger partial charge in [0.15, 0.2) is 0 Å². The first kappa shape index (κ1) is 27.9. The number of fused-ring (bicyclic) bond motifs is 1. The van der Waals surface area contributed by atoms with Crippen molar-refractivity contribution in [3.05, 3.63) is 90.0 Å². The summed E-state index contributed by atoms with van der Waals surface area (Å²) in [7, 11) is 2.78. The third-order valence-corrected chi connectivity index (χ3v) is 6.67. The molecule has 0 radical (unpaired) electrons. The quantitative estimate of drug-likeness (QED) is 0.255. The van der Waals surface area contributed by atoms with Crippen molar-refractivity contribution in [1.29, 1.82) is 0 Å². The maximum atomic E-state index is 6.19. The van der Waals surface area contributed by atoms with Gasteiger partial charge in [0.1, 0.15) is 5.75 Å². The molecule has 2 heteroatoms. The molecule has 3 aromatic rings. The van der Waals surface area contributed by atoms with Crippen LogP contribution < -0.4 is 4.74 Å². The van der Waals surface area contributed by atoms with Crippen LogP contribution in [0, 0.1) is 6.92 Å². The van der Waals surface area contributed by atoms with Crippen molar-refractivity contribution in [1.82, 2.24) is 0 Å². The molecule has 34 heavy (non-hydrogen) atoms. The first-order valence-corrected chi connectivity index (χ1v) is 13.0. The molecule has 1 fully saturated rings. The van der Waals surface area contributed by atoms with Crippen molar-refractivity contribution in [2.24, 2.45) is 0 Å². The summed E-state index contributed by atoms with van der Waals surface area (Å²) in [4.78, 5) is 0. The lowest BCUT2D eigenvalue weighted by Crippen LogP contribution is -2.19. The minimum atomic E-state index is 0. The first-order valence-electron chi connectivity index (χ1n) is 12.2. The van der Waals surface area contributed by atoms with E-state index >= 15 is 0 Å². The van der Waals surface area contributed by atoms with Crippen molar-refractivity contribution in [2.45, 2.75) is 72.8 Å². The topological polar surface area (TPSA) is 9.23 Å². The van der Waals surface area contributed by atoms with Gasteiger partial charge in [-0.25, -0.2) is 0 Å². The number of hydrogen-bond acceptors (Lipinski definition) is 1. The molecule has 1 unspecified atom stereocenters. The molecule has 0 heterocycles. The van der Waals surface area contributed by atoms with Gasteiger partial charge in [-0.2, -0.15) is 0 Å². The van der Waals surface area contributed by atoms with Gasteiger partial charge in [-0.15, -0.1) is 15.8 Å². The third-order valence-electron chi connectivity index (χ3n) is 6.10. The van der Waals surface area contributed by atoms with Crippen molar-refractivity contribution >= 4 is 20.0 Å². The summed E-state index contributed by atoms with van der Waals surface area (Å²) in [5.74, 6) is 0.996. The Morgan fingerprint density at radius 3 is 2.12 bits per heavy atom. The Morgan fingerprint density at radius 1 is 0.882 bits per heavy atom. The van der Waals surface area contributed by atoms with Gasteiger partial charge in [-0.1, -0.05) is 68.0 Å². The lowest BCUT2D eigenvalue weighted by atomic mass is 9.93. The monoisotopic (exact) mass is 474 g/mol. The number of ether oxygens (including phenoxy) is 1. The van der Waals surface area contributed by atoms with Crippen LogP contribution in [0.4, 0.5) is 0 Å². The number of aryl methyl sites for hydroxylation is 1. The Bertz CT molecular complexity index is 1080. The Hall–Kier alpha value is -2.37. The van der Waals surface area contributed by atoms with Gasteiger partial charge in [0.2, 0.25) is 0 Å². The van der Waals surface area contributed by atoms with Crippen LogP contribution in [0.5, 0.6) is 5.75 Å². The fraction of sp³-hybridized carbons (Fsp3) is 0.375. The van der Waals surface area contributed by atoms with Crippen LogP contribution in [0.15, 0.2) is 78.9 Å². The average molecular weight is 475 g/mol. The van der Waals surface area contributed by atoms with Crippen LogP contribution in [0.25, 0.3) is 21.9 Å². The molecule has 0 saturated heterocycles. The summed E-state index contributed by atoms with van der Waals surface area (Å²) in [6, 6.07) is 20.0. The molecule has 0 amide bonds. The molecular weight excluding hydrogens is 431 g/mol. The van der Waals surface area contributed by atoms with E-state index in [2.05, 4.69) is 83.9 Å². The molecule has 1 aliphatic carbocycles. The van der Waals surface area contributed by atoms with Crippen LogP contribution in [-0.2, 0) is 6.42 Å². The Morgan fingerprint density at radius 2 is 1.50 bits per heavy atom. The van der Waals surface area contributed by atoms with Crippen LogP contribution >= 0.6 is 9.24 Å². The van der Waals surface area contributed by atoms with Crippen LogP contribution in [-0.4, -0.2) is 12.3 Å². The zero-order valence-electron chi connectivity index (χ0n) is 20.6. The van der Waals surface area contributed by atoms with Gasteiger partial charge in [-0.05, 0) is 110 Å². The van der Waals surface area contributed by atoms with E-state index in [9.17, 15) is 0 Å². The van der Waals surface area contributed by atoms with Crippen molar-refractivity contribution in [3.63, 3.8) is 0 Å². The van der Waals surface area contributed by atoms with Gasteiger partial charge >= 0.3 is 0 Å². The maximum absolute atomic E-state index is 6.19. The molecule has 3 aromatic carbocycles. The van der Waals surface area contributed by atoms with Gasteiger partial charge < -0.3 is 4.74 Å². The third kappa shape index (κ3) is 7.85. The van der Waals surface area contributed by atoms with E-state index in [1.165, 1.54) is 76.3 Å². The first-order chi connectivity index (χ1) is 15.9. The van der Waals surface area contributed by atoms with E-state index in [0.29, 0.717) is 6.10 Å². The van der Waals surface area contributed by atoms with E-state index in [1.54, 1.807) is 0 Å². The number of hydrogen-bond donors (Lipinski definition) is 0. The second-order valence-electron chi connectivity index (χ2n) is 9.54. The number of benzene rings is 3. The summed E-state index contributed by atoms with van der Waals surface area (Å²) in [6.07, 6.45) is 8.61. The Kier molecular flexibility index (Phi) is 11.1. The number of allylic oxidation sites excluding steroid dienone is 2. The van der Waals surface area contributed by atoms with Crippen LogP contribution in [0.1, 0.15) is 64.5 Å². The molecule has 0 aliphatic heterocycles.